The van der Waals surface area contributed by atoms with Crippen LogP contribution < -0.4 is 0 Å². The highest BCUT2D eigenvalue weighted by Gasteiger charge is 2.23. The van der Waals surface area contributed by atoms with Crippen LogP contribution in [0.3, 0.4) is 0 Å². The van der Waals surface area contributed by atoms with Gasteiger partial charge in [-0.2, -0.15) is 0 Å². The predicted molar refractivity (Wildman–Crippen MR) is 430 cm³/mol. The maximum atomic E-state index is 4.88. The second kappa shape index (κ2) is 23.3. The van der Waals surface area contributed by atoms with Crippen LogP contribution in [0.1, 0.15) is 0 Å². The van der Waals surface area contributed by atoms with E-state index in [1.165, 1.54) is 112 Å². The van der Waals surface area contributed by atoms with Gasteiger partial charge in [0.2, 0.25) is 0 Å². The first-order valence-corrected chi connectivity index (χ1v) is 36.1. The first-order chi connectivity index (χ1) is 50.5. The number of pyridine rings is 2. The summed E-state index contributed by atoms with van der Waals surface area (Å²) in [5, 5.41) is 31.2. The molecule has 21 aromatic rings. The summed E-state index contributed by atoms with van der Waals surface area (Å²) < 4.78 is 9.48. The maximum Gasteiger partial charge on any atom is 0.169 e. The van der Waals surface area contributed by atoms with Crippen LogP contribution in [-0.4, -0.2) is 29.2 Å². The lowest BCUT2D eigenvalue weighted by molar-refractivity contribution is 1.12. The minimum Gasteiger partial charge on any atom is -0.274 e. The molecule has 0 bridgehead atoms. The highest BCUT2D eigenvalue weighted by atomic mass is 32.1. The van der Waals surface area contributed by atoms with Gasteiger partial charge in [-0.1, -0.05) is 273 Å². The van der Waals surface area contributed by atoms with E-state index in [2.05, 4.69) is 349 Å². The molecule has 474 valence electrons. The molecule has 0 fully saturated rings. The van der Waals surface area contributed by atoms with E-state index in [1.807, 2.05) is 22.7 Å². The van der Waals surface area contributed by atoms with E-state index in [0.717, 1.165) is 94.8 Å². The summed E-state index contributed by atoms with van der Waals surface area (Å²) in [6.07, 6.45) is 0. The van der Waals surface area contributed by atoms with Gasteiger partial charge >= 0.3 is 0 Å². The fourth-order valence-corrected chi connectivity index (χ4v) is 18.3. The van der Waals surface area contributed by atoms with Crippen LogP contribution in [0.5, 0.6) is 0 Å². The number of rotatable bonds is 10. The van der Waals surface area contributed by atoms with Crippen molar-refractivity contribution in [2.45, 2.75) is 0 Å². The topological polar surface area (TPSA) is 60.4 Å². The van der Waals surface area contributed by atoms with Gasteiger partial charge in [-0.25, -0.2) is 0 Å². The molecular weight excluding hydrogens is 1280 g/mol. The molecule has 15 aromatic carbocycles. The van der Waals surface area contributed by atoms with E-state index in [9.17, 15) is 0 Å². The van der Waals surface area contributed by atoms with Crippen molar-refractivity contribution < 1.29 is 0 Å². The number of thiophene rings is 2. The fraction of sp³-hybridized carbons (Fsp3) is 0. The summed E-state index contributed by atoms with van der Waals surface area (Å²) >= 11 is 3.75. The summed E-state index contributed by atoms with van der Waals surface area (Å²) in [4.78, 5) is 0. The molecule has 0 N–H and O–H groups in total. The summed E-state index contributed by atoms with van der Waals surface area (Å²) in [6, 6.07) is 124. The van der Waals surface area contributed by atoms with E-state index < -0.39 is 0 Å². The first-order valence-electron chi connectivity index (χ1n) is 34.5. The molecule has 0 atom stereocenters. The molecule has 21 rings (SSSR count). The average molecular weight is 1330 g/mol. The quantitative estimate of drug-likeness (QED) is 0.128. The van der Waals surface area contributed by atoms with E-state index in [-0.39, 0.29) is 0 Å². The molecule has 102 heavy (non-hydrogen) atoms. The Kier molecular flexibility index (Phi) is 13.3. The van der Waals surface area contributed by atoms with Gasteiger partial charge < -0.3 is 0 Å². The number of hydrogen-bond acceptors (Lipinski definition) is 6. The third kappa shape index (κ3) is 9.38. The monoisotopic (exact) mass is 1330 g/mol. The van der Waals surface area contributed by atoms with Crippen LogP contribution >= 0.6 is 22.7 Å². The van der Waals surface area contributed by atoms with Crippen molar-refractivity contribution in [1.29, 1.82) is 0 Å². The number of benzene rings is 15. The van der Waals surface area contributed by atoms with Crippen molar-refractivity contribution in [3.05, 3.63) is 340 Å². The van der Waals surface area contributed by atoms with Gasteiger partial charge in [0.1, 0.15) is 0 Å². The summed E-state index contributed by atoms with van der Waals surface area (Å²) in [5.74, 6) is 1.64. The Morgan fingerprint density at radius 2 is 0.500 bits per heavy atom. The normalized spacial score (nSPS) is 11.9. The van der Waals surface area contributed by atoms with Gasteiger partial charge in [-0.3, -0.25) is 8.80 Å². The molecule has 6 aromatic heterocycles. The van der Waals surface area contributed by atoms with Crippen LogP contribution in [0.2, 0.25) is 0 Å². The third-order valence-electron chi connectivity index (χ3n) is 20.7. The number of aromatic nitrogens is 6. The van der Waals surface area contributed by atoms with E-state index in [0.29, 0.717) is 0 Å². The number of nitrogens with zero attached hydrogens (tertiary/aromatic N) is 6. The predicted octanol–water partition coefficient (Wildman–Crippen LogP) is 25.8. The number of para-hydroxylation sites is 2. The Hall–Kier alpha value is -13.0. The molecule has 0 aliphatic heterocycles. The molecule has 0 radical (unpaired) electrons. The van der Waals surface area contributed by atoms with Crippen LogP contribution in [0, 0.1) is 0 Å². The smallest absolute Gasteiger partial charge is 0.169 e. The molecular formula is C94H56N6S2. The number of fused-ring (bicyclic) bond motifs is 18. The zero-order valence-corrected chi connectivity index (χ0v) is 56.5. The van der Waals surface area contributed by atoms with Crippen LogP contribution in [0.15, 0.2) is 340 Å². The van der Waals surface area contributed by atoms with Crippen LogP contribution in [0.25, 0.3) is 207 Å². The Morgan fingerprint density at radius 3 is 1.00 bits per heavy atom. The zero-order valence-electron chi connectivity index (χ0n) is 54.8. The Bertz CT molecular complexity index is 6950. The Morgan fingerprint density at radius 1 is 0.186 bits per heavy atom. The summed E-state index contributed by atoms with van der Waals surface area (Å²) in [5.41, 5.74) is 24.7. The third-order valence-corrected chi connectivity index (χ3v) is 23.2. The first kappa shape index (κ1) is 58.0. The van der Waals surface area contributed by atoms with Crippen molar-refractivity contribution >= 4 is 118 Å². The molecule has 6 nitrogen and oxygen atoms in total. The van der Waals surface area contributed by atoms with Crippen LogP contribution in [0.4, 0.5) is 0 Å². The van der Waals surface area contributed by atoms with E-state index >= 15 is 0 Å². The van der Waals surface area contributed by atoms with Gasteiger partial charge in [0.05, 0.1) is 11.0 Å². The summed E-state index contributed by atoms with van der Waals surface area (Å²) in [6.45, 7) is 0. The molecule has 8 heteroatoms. The maximum absolute atomic E-state index is 4.88. The van der Waals surface area contributed by atoms with Crippen molar-refractivity contribution in [2.75, 3.05) is 0 Å². The van der Waals surface area contributed by atoms with E-state index in [4.69, 9.17) is 20.4 Å². The number of hydrogen-bond donors (Lipinski definition) is 0. The minimum absolute atomic E-state index is 0.819. The van der Waals surface area contributed by atoms with Gasteiger partial charge in [0, 0.05) is 89.7 Å². The molecule has 0 unspecified atom stereocenters. The second-order valence-electron chi connectivity index (χ2n) is 26.5. The van der Waals surface area contributed by atoms with Gasteiger partial charge in [-0.05, 0) is 150 Å². The Labute approximate surface area is 594 Å². The molecule has 0 saturated heterocycles. The largest absolute Gasteiger partial charge is 0.274 e. The van der Waals surface area contributed by atoms with Gasteiger partial charge in [0.15, 0.2) is 22.9 Å². The lowest BCUT2D eigenvalue weighted by atomic mass is 9.92. The highest BCUT2D eigenvalue weighted by molar-refractivity contribution is 7.27. The average Bonchev–Trinajstić information content (AvgIpc) is 1.54. The van der Waals surface area contributed by atoms with Crippen LogP contribution in [-0.2, 0) is 0 Å². The molecule has 0 spiro atoms. The minimum atomic E-state index is 0.819. The standard InChI is InChI=1S/C94H56N6S2/c1-4-19-57(20-5-1)68-47-48-87-81(50-68)82-54-70(52-79(88(82)101-87)62-39-43-64(44-40-62)91-95-97-93-76-31-12-10-27-72(76)74-29-14-16-33-85(74)99(91)93)60-37-35-59(36-38-60)66-25-18-26-67(49-66)71-53-78(61-23-8-3-9-24-61)89-84(56-71)83-55-69(58-21-6-2-7-22-58)51-80(90(83)102-89)63-41-45-65(46-42-63)92-96-98-94-77-32-13-11-28-73(77)75-30-15-17-34-86(75)100(92)94/h1-56H. The molecule has 0 amide bonds. The van der Waals surface area contributed by atoms with Crippen molar-refractivity contribution in [3.63, 3.8) is 0 Å². The SMILES string of the molecule is c1ccc(-c2ccc3sc4c(-c5ccc(-c6nnc7c8ccccc8c8ccccc8n67)cc5)cc(-c5ccc(-c6cccc(-c7cc(-c8ccccc8)c8sc9c(-c%10ccc(-c%11nnc%12c%13ccccc%13c%13ccccc%13n%11%12)cc%10)cc(-c%10ccccc%10)cc9c8c7)c6)cc5)cc4c3c2)cc1. The highest BCUT2D eigenvalue weighted by Crippen LogP contribution is 2.50. The molecule has 0 aliphatic carbocycles. The Balaban J connectivity index is 0.662. The fourth-order valence-electron chi connectivity index (χ4n) is 15.8. The van der Waals surface area contributed by atoms with Crippen molar-refractivity contribution in [2.24, 2.45) is 0 Å². The lowest BCUT2D eigenvalue weighted by Crippen LogP contribution is -1.94. The molecule has 0 saturated carbocycles. The molecule has 0 aliphatic rings. The van der Waals surface area contributed by atoms with Gasteiger partial charge in [0.25, 0.3) is 0 Å². The van der Waals surface area contributed by atoms with Crippen molar-refractivity contribution in [3.8, 4) is 112 Å². The second-order valence-corrected chi connectivity index (χ2v) is 28.6. The molecule has 6 heterocycles. The lowest BCUT2D eigenvalue weighted by Gasteiger charge is -2.12. The van der Waals surface area contributed by atoms with Gasteiger partial charge in [-0.15, -0.1) is 43.1 Å². The van der Waals surface area contributed by atoms with E-state index in [1.54, 1.807) is 0 Å². The zero-order chi connectivity index (χ0) is 66.9. The van der Waals surface area contributed by atoms with Crippen molar-refractivity contribution in [1.82, 2.24) is 29.2 Å². The summed E-state index contributed by atoms with van der Waals surface area (Å²) in [7, 11) is 0.